The van der Waals surface area contributed by atoms with Crippen LogP contribution in [-0.2, 0) is 13.0 Å². The van der Waals surface area contributed by atoms with Crippen molar-refractivity contribution < 1.29 is 4.79 Å². The Morgan fingerprint density at radius 1 is 1.04 bits per heavy atom. The van der Waals surface area contributed by atoms with Gasteiger partial charge in [0, 0.05) is 24.5 Å². The first-order chi connectivity index (χ1) is 13.2. The van der Waals surface area contributed by atoms with Crippen molar-refractivity contribution in [1.29, 1.82) is 0 Å². The first kappa shape index (κ1) is 17.3. The average molecular weight is 380 g/mol. The van der Waals surface area contributed by atoms with E-state index in [-0.39, 0.29) is 6.03 Å². The molecule has 2 amide bonds. The number of halogens is 1. The summed E-state index contributed by atoms with van der Waals surface area (Å²) < 4.78 is 0. The monoisotopic (exact) mass is 379 g/mol. The molecule has 2 aromatic carbocycles. The first-order valence-corrected chi connectivity index (χ1v) is 9.03. The molecule has 0 radical (unpaired) electrons. The normalized spacial score (nSPS) is 13.0. The van der Waals surface area contributed by atoms with Crippen molar-refractivity contribution in [2.45, 2.75) is 13.0 Å². The largest absolute Gasteiger partial charge is 0.351 e. The number of carbonyl (C=O) groups is 1. The summed E-state index contributed by atoms with van der Waals surface area (Å²) in [6.45, 7) is 1.47. The van der Waals surface area contributed by atoms with Crippen molar-refractivity contribution in [3.05, 3.63) is 77.2 Å². The van der Waals surface area contributed by atoms with E-state index in [1.807, 2.05) is 42.5 Å². The van der Waals surface area contributed by atoms with E-state index in [2.05, 4.69) is 31.6 Å². The Morgan fingerprint density at radius 2 is 1.89 bits per heavy atom. The fraction of sp³-hybridized carbons (Fsp3) is 0.150. The minimum Gasteiger partial charge on any atom is -0.351 e. The number of urea groups is 1. The van der Waals surface area contributed by atoms with Crippen LogP contribution in [0.2, 0.25) is 5.15 Å². The zero-order valence-electron chi connectivity index (χ0n) is 14.5. The number of para-hydroxylation sites is 1. The van der Waals surface area contributed by atoms with E-state index in [0.29, 0.717) is 11.7 Å². The van der Waals surface area contributed by atoms with Crippen molar-refractivity contribution in [3.8, 4) is 0 Å². The quantitative estimate of drug-likeness (QED) is 0.710. The molecule has 3 aromatic rings. The lowest BCUT2D eigenvalue weighted by atomic mass is 9.98. The van der Waals surface area contributed by atoms with Gasteiger partial charge < -0.3 is 15.5 Å². The molecule has 0 fully saturated rings. The molecular formula is C20H18ClN5O. The zero-order valence-corrected chi connectivity index (χ0v) is 15.3. The van der Waals surface area contributed by atoms with Gasteiger partial charge in [-0.1, -0.05) is 41.9 Å². The number of rotatable bonds is 3. The van der Waals surface area contributed by atoms with E-state index >= 15 is 0 Å². The molecule has 136 valence electrons. The van der Waals surface area contributed by atoms with Crippen molar-refractivity contribution in [3.63, 3.8) is 0 Å². The predicted molar refractivity (Wildman–Crippen MR) is 107 cm³/mol. The van der Waals surface area contributed by atoms with E-state index in [1.165, 1.54) is 6.20 Å². The summed E-state index contributed by atoms with van der Waals surface area (Å²) >= 11 is 5.96. The SMILES string of the molecule is O=C(Nc1ccccc1)Nc1cccc2c1CCN(c1cncc(Cl)n1)C2. The molecule has 1 aromatic heterocycles. The number of hydrogen-bond acceptors (Lipinski definition) is 4. The van der Waals surface area contributed by atoms with Gasteiger partial charge in [0.25, 0.3) is 0 Å². The second kappa shape index (κ2) is 7.63. The lowest BCUT2D eigenvalue weighted by Crippen LogP contribution is -2.32. The van der Waals surface area contributed by atoms with Gasteiger partial charge in [-0.25, -0.2) is 9.78 Å². The van der Waals surface area contributed by atoms with Gasteiger partial charge in [-0.05, 0) is 35.7 Å². The fourth-order valence-electron chi connectivity index (χ4n) is 3.21. The van der Waals surface area contributed by atoms with Crippen LogP contribution in [0.5, 0.6) is 0 Å². The third-order valence-corrected chi connectivity index (χ3v) is 4.64. The lowest BCUT2D eigenvalue weighted by molar-refractivity contribution is 0.262. The van der Waals surface area contributed by atoms with Crippen LogP contribution in [0.1, 0.15) is 11.1 Å². The van der Waals surface area contributed by atoms with Crippen LogP contribution in [0.4, 0.5) is 22.0 Å². The fourth-order valence-corrected chi connectivity index (χ4v) is 3.36. The molecule has 0 saturated carbocycles. The van der Waals surface area contributed by atoms with E-state index in [9.17, 15) is 4.79 Å². The molecule has 0 unspecified atom stereocenters. The first-order valence-electron chi connectivity index (χ1n) is 8.65. The molecule has 0 aliphatic carbocycles. The maximum Gasteiger partial charge on any atom is 0.323 e. The van der Waals surface area contributed by atoms with Gasteiger partial charge in [0.05, 0.1) is 12.4 Å². The molecule has 0 spiro atoms. The van der Waals surface area contributed by atoms with Crippen molar-refractivity contribution in [2.75, 3.05) is 22.1 Å². The van der Waals surface area contributed by atoms with Gasteiger partial charge in [0.2, 0.25) is 0 Å². The molecule has 2 heterocycles. The molecule has 0 atom stereocenters. The highest BCUT2D eigenvalue weighted by molar-refractivity contribution is 6.29. The molecule has 0 bridgehead atoms. The van der Waals surface area contributed by atoms with Crippen LogP contribution in [0.3, 0.4) is 0 Å². The predicted octanol–water partition coefficient (Wildman–Crippen LogP) is 4.34. The summed E-state index contributed by atoms with van der Waals surface area (Å²) in [6, 6.07) is 15.1. The minimum atomic E-state index is -0.252. The molecule has 2 N–H and O–H groups in total. The number of nitrogens with zero attached hydrogens (tertiary/aromatic N) is 3. The average Bonchev–Trinajstić information content (AvgIpc) is 2.68. The van der Waals surface area contributed by atoms with E-state index < -0.39 is 0 Å². The van der Waals surface area contributed by atoms with Crippen LogP contribution >= 0.6 is 11.6 Å². The number of aromatic nitrogens is 2. The standard InChI is InChI=1S/C20H18ClN5O/c21-18-11-22-12-19(25-18)26-10-9-16-14(13-26)5-4-8-17(16)24-20(27)23-15-6-2-1-3-7-15/h1-8,11-12H,9-10,13H2,(H2,23,24,27). The van der Waals surface area contributed by atoms with Crippen LogP contribution in [-0.4, -0.2) is 22.5 Å². The third-order valence-electron chi connectivity index (χ3n) is 4.46. The summed E-state index contributed by atoms with van der Waals surface area (Å²) in [5, 5.41) is 6.19. The molecule has 7 heteroatoms. The smallest absolute Gasteiger partial charge is 0.323 e. The summed E-state index contributed by atoms with van der Waals surface area (Å²) in [4.78, 5) is 22.9. The van der Waals surface area contributed by atoms with Crippen LogP contribution in [0.15, 0.2) is 60.9 Å². The van der Waals surface area contributed by atoms with Crippen LogP contribution in [0.25, 0.3) is 0 Å². The molecule has 0 saturated heterocycles. The Labute approximate surface area is 162 Å². The highest BCUT2D eigenvalue weighted by Crippen LogP contribution is 2.28. The maximum absolute atomic E-state index is 12.3. The lowest BCUT2D eigenvalue weighted by Gasteiger charge is -2.30. The van der Waals surface area contributed by atoms with Gasteiger partial charge in [-0.15, -0.1) is 0 Å². The number of fused-ring (bicyclic) bond motifs is 1. The highest BCUT2D eigenvalue weighted by atomic mass is 35.5. The maximum atomic E-state index is 12.3. The zero-order chi connectivity index (χ0) is 18.6. The number of anilines is 3. The Morgan fingerprint density at radius 3 is 2.70 bits per heavy atom. The van der Waals surface area contributed by atoms with E-state index in [4.69, 9.17) is 11.6 Å². The number of nitrogens with one attached hydrogen (secondary N) is 2. The van der Waals surface area contributed by atoms with E-state index in [0.717, 1.165) is 41.3 Å². The molecule has 4 rings (SSSR count). The van der Waals surface area contributed by atoms with Crippen molar-refractivity contribution in [1.82, 2.24) is 9.97 Å². The Kier molecular flexibility index (Phi) is 4.89. The second-order valence-corrected chi connectivity index (χ2v) is 6.65. The van der Waals surface area contributed by atoms with Crippen LogP contribution < -0.4 is 15.5 Å². The summed E-state index contributed by atoms with van der Waals surface area (Å²) in [5.74, 6) is 0.758. The molecular weight excluding hydrogens is 362 g/mol. The number of benzene rings is 2. The van der Waals surface area contributed by atoms with Gasteiger partial charge in [0.15, 0.2) is 0 Å². The highest BCUT2D eigenvalue weighted by Gasteiger charge is 2.21. The van der Waals surface area contributed by atoms with Gasteiger partial charge in [0.1, 0.15) is 11.0 Å². The summed E-state index contributed by atoms with van der Waals surface area (Å²) in [5.41, 5.74) is 3.88. The molecule has 1 aliphatic rings. The Bertz CT molecular complexity index is 964. The number of hydrogen-bond donors (Lipinski definition) is 2. The molecule has 27 heavy (non-hydrogen) atoms. The minimum absolute atomic E-state index is 0.252. The van der Waals surface area contributed by atoms with Gasteiger partial charge in [-0.3, -0.25) is 4.98 Å². The van der Waals surface area contributed by atoms with Gasteiger partial charge >= 0.3 is 6.03 Å². The van der Waals surface area contributed by atoms with Gasteiger partial charge in [-0.2, -0.15) is 0 Å². The summed E-state index contributed by atoms with van der Waals surface area (Å²) in [7, 11) is 0. The molecule has 1 aliphatic heterocycles. The summed E-state index contributed by atoms with van der Waals surface area (Å²) in [6.07, 6.45) is 4.04. The molecule has 6 nitrogen and oxygen atoms in total. The third kappa shape index (κ3) is 4.01. The Balaban J connectivity index is 1.49. The van der Waals surface area contributed by atoms with Crippen LogP contribution in [0, 0.1) is 0 Å². The topological polar surface area (TPSA) is 70.2 Å². The van der Waals surface area contributed by atoms with E-state index in [1.54, 1.807) is 6.20 Å². The number of amides is 2. The second-order valence-electron chi connectivity index (χ2n) is 6.26. The van der Waals surface area contributed by atoms with Crippen molar-refractivity contribution >= 4 is 34.8 Å². The number of carbonyl (C=O) groups excluding carboxylic acids is 1. The van der Waals surface area contributed by atoms with Crippen molar-refractivity contribution in [2.24, 2.45) is 0 Å². The Hall–Kier alpha value is -3.12.